The van der Waals surface area contributed by atoms with Crippen LogP contribution in [0.3, 0.4) is 0 Å². The third-order valence-electron chi connectivity index (χ3n) is 2.95. The predicted molar refractivity (Wildman–Crippen MR) is 95.9 cm³/mol. The fraction of sp³-hybridized carbons (Fsp3) is 0.714. The Labute approximate surface area is 150 Å². The standard InChI is InChI=1S/C14H24N4O4S2/c19-11-7-23-9-13(21)17-5-6-18-14(22)10-24-8-12(20)16-4-2-1-3-15-11/h1-10H2,(H,15,19)(H,16,20)(H,17,21)(H,18,22). The molecule has 136 valence electrons. The van der Waals surface area contributed by atoms with Gasteiger partial charge in [-0.2, -0.15) is 0 Å². The first-order chi connectivity index (χ1) is 11.6. The van der Waals surface area contributed by atoms with Crippen LogP contribution in [0.15, 0.2) is 0 Å². The summed E-state index contributed by atoms with van der Waals surface area (Å²) in [6.45, 7) is 1.78. The first-order valence-electron chi connectivity index (χ1n) is 7.80. The molecule has 0 aromatic carbocycles. The van der Waals surface area contributed by atoms with Crippen LogP contribution in [0.2, 0.25) is 0 Å². The van der Waals surface area contributed by atoms with Gasteiger partial charge in [-0.15, -0.1) is 23.5 Å². The fourth-order valence-corrected chi connectivity index (χ4v) is 3.14. The summed E-state index contributed by atoms with van der Waals surface area (Å²) in [5.41, 5.74) is 0. The molecule has 0 saturated carbocycles. The van der Waals surface area contributed by atoms with Gasteiger partial charge < -0.3 is 21.3 Å². The molecular formula is C14H24N4O4S2. The van der Waals surface area contributed by atoms with Crippen molar-refractivity contribution in [2.24, 2.45) is 0 Å². The number of amides is 4. The van der Waals surface area contributed by atoms with E-state index in [1.54, 1.807) is 0 Å². The molecule has 4 amide bonds. The van der Waals surface area contributed by atoms with Crippen LogP contribution in [-0.2, 0) is 19.2 Å². The Balaban J connectivity index is 2.35. The summed E-state index contributed by atoms with van der Waals surface area (Å²) in [5.74, 6) is 0.359. The van der Waals surface area contributed by atoms with Crippen molar-refractivity contribution < 1.29 is 19.2 Å². The number of thioether (sulfide) groups is 2. The summed E-state index contributed by atoms with van der Waals surface area (Å²) in [6, 6.07) is 0. The summed E-state index contributed by atoms with van der Waals surface area (Å²) < 4.78 is 0. The molecule has 0 aliphatic carbocycles. The minimum Gasteiger partial charge on any atom is -0.355 e. The number of hydrogen-bond donors (Lipinski definition) is 4. The SMILES string of the molecule is O=C1CSCC(=O)NCCNC(=O)CSCC(=O)NCCCCN1. The molecular weight excluding hydrogens is 352 g/mol. The van der Waals surface area contributed by atoms with Crippen LogP contribution < -0.4 is 21.3 Å². The van der Waals surface area contributed by atoms with Gasteiger partial charge in [-0.1, -0.05) is 0 Å². The Morgan fingerprint density at radius 3 is 1.12 bits per heavy atom. The smallest absolute Gasteiger partial charge is 0.230 e. The van der Waals surface area contributed by atoms with Gasteiger partial charge in [0.15, 0.2) is 0 Å². The summed E-state index contributed by atoms with van der Waals surface area (Å²) in [7, 11) is 0. The third kappa shape index (κ3) is 11.2. The lowest BCUT2D eigenvalue weighted by atomic mass is 10.3. The Morgan fingerprint density at radius 1 is 0.500 bits per heavy atom. The molecule has 1 fully saturated rings. The van der Waals surface area contributed by atoms with Crippen LogP contribution in [0, 0.1) is 0 Å². The second-order valence-electron chi connectivity index (χ2n) is 5.09. The van der Waals surface area contributed by atoms with Gasteiger partial charge in [0.25, 0.3) is 0 Å². The minimum absolute atomic E-state index is 0.102. The molecule has 0 spiro atoms. The Hall–Kier alpha value is -1.42. The largest absolute Gasteiger partial charge is 0.355 e. The molecule has 10 heteroatoms. The zero-order valence-electron chi connectivity index (χ0n) is 13.5. The van der Waals surface area contributed by atoms with E-state index in [4.69, 9.17) is 0 Å². The van der Waals surface area contributed by atoms with Crippen molar-refractivity contribution in [1.82, 2.24) is 21.3 Å². The van der Waals surface area contributed by atoms with Gasteiger partial charge in [0, 0.05) is 26.2 Å². The number of carbonyl (C=O) groups is 4. The van der Waals surface area contributed by atoms with E-state index < -0.39 is 0 Å². The van der Waals surface area contributed by atoms with E-state index in [0.717, 1.165) is 12.8 Å². The topological polar surface area (TPSA) is 116 Å². The Kier molecular flexibility index (Phi) is 11.1. The minimum atomic E-state index is -0.164. The average molecular weight is 377 g/mol. The lowest BCUT2D eigenvalue weighted by Crippen LogP contribution is -2.36. The first-order valence-corrected chi connectivity index (χ1v) is 10.1. The highest BCUT2D eigenvalue weighted by Gasteiger charge is 2.07. The van der Waals surface area contributed by atoms with Crippen molar-refractivity contribution in [3.05, 3.63) is 0 Å². The van der Waals surface area contributed by atoms with E-state index >= 15 is 0 Å². The highest BCUT2D eigenvalue weighted by atomic mass is 32.2. The van der Waals surface area contributed by atoms with Crippen molar-refractivity contribution >= 4 is 47.2 Å². The van der Waals surface area contributed by atoms with Crippen LogP contribution in [0.1, 0.15) is 12.8 Å². The first kappa shape index (κ1) is 20.6. The van der Waals surface area contributed by atoms with Crippen molar-refractivity contribution in [3.8, 4) is 0 Å². The molecule has 0 atom stereocenters. The zero-order chi connectivity index (χ0) is 17.6. The van der Waals surface area contributed by atoms with Crippen LogP contribution >= 0.6 is 23.5 Å². The maximum Gasteiger partial charge on any atom is 0.230 e. The quantitative estimate of drug-likeness (QED) is 0.418. The molecule has 1 aliphatic heterocycles. The number of rotatable bonds is 0. The highest BCUT2D eigenvalue weighted by molar-refractivity contribution is 8.00. The summed E-state index contributed by atoms with van der Waals surface area (Å²) >= 11 is 2.50. The van der Waals surface area contributed by atoms with E-state index in [-0.39, 0.29) is 46.6 Å². The molecule has 8 nitrogen and oxygen atoms in total. The maximum absolute atomic E-state index is 11.6. The van der Waals surface area contributed by atoms with Gasteiger partial charge in [0.2, 0.25) is 23.6 Å². The van der Waals surface area contributed by atoms with Crippen molar-refractivity contribution in [2.75, 3.05) is 49.2 Å². The van der Waals surface area contributed by atoms with E-state index in [0.29, 0.717) is 26.2 Å². The molecule has 0 bridgehead atoms. The van der Waals surface area contributed by atoms with Crippen LogP contribution in [-0.4, -0.2) is 72.8 Å². The van der Waals surface area contributed by atoms with E-state index in [1.807, 2.05) is 0 Å². The molecule has 24 heavy (non-hydrogen) atoms. The van der Waals surface area contributed by atoms with Gasteiger partial charge in [0.05, 0.1) is 23.0 Å². The van der Waals surface area contributed by atoms with Crippen molar-refractivity contribution in [1.29, 1.82) is 0 Å². The molecule has 0 aromatic heterocycles. The fourth-order valence-electron chi connectivity index (χ4n) is 1.79. The summed E-state index contributed by atoms with van der Waals surface area (Å²) in [5, 5.41) is 10.9. The molecule has 0 radical (unpaired) electrons. The zero-order valence-corrected chi connectivity index (χ0v) is 15.2. The van der Waals surface area contributed by atoms with Gasteiger partial charge in [-0.25, -0.2) is 0 Å². The average Bonchev–Trinajstić information content (AvgIpc) is 2.54. The molecule has 0 aromatic rings. The van der Waals surface area contributed by atoms with Gasteiger partial charge in [-0.05, 0) is 12.8 Å². The molecule has 1 aliphatic rings. The number of nitrogens with one attached hydrogen (secondary N) is 4. The highest BCUT2D eigenvalue weighted by Crippen LogP contribution is 2.00. The molecule has 1 heterocycles. The molecule has 1 rings (SSSR count). The van der Waals surface area contributed by atoms with Crippen LogP contribution in [0.25, 0.3) is 0 Å². The van der Waals surface area contributed by atoms with E-state index in [1.165, 1.54) is 23.5 Å². The summed E-state index contributed by atoms with van der Waals surface area (Å²) in [6.07, 6.45) is 1.54. The number of carbonyl (C=O) groups excluding carboxylic acids is 4. The van der Waals surface area contributed by atoms with Crippen molar-refractivity contribution in [2.45, 2.75) is 12.8 Å². The third-order valence-corrected chi connectivity index (χ3v) is 4.82. The van der Waals surface area contributed by atoms with Gasteiger partial charge >= 0.3 is 0 Å². The van der Waals surface area contributed by atoms with Crippen LogP contribution in [0.4, 0.5) is 0 Å². The lowest BCUT2D eigenvalue weighted by Gasteiger charge is -2.09. The van der Waals surface area contributed by atoms with E-state index in [9.17, 15) is 19.2 Å². The maximum atomic E-state index is 11.6. The molecule has 4 N–H and O–H groups in total. The van der Waals surface area contributed by atoms with Crippen molar-refractivity contribution in [3.63, 3.8) is 0 Å². The molecule has 0 unspecified atom stereocenters. The van der Waals surface area contributed by atoms with E-state index in [2.05, 4.69) is 21.3 Å². The Morgan fingerprint density at radius 2 is 0.792 bits per heavy atom. The van der Waals surface area contributed by atoms with Crippen LogP contribution in [0.5, 0.6) is 0 Å². The normalized spacial score (nSPS) is 21.0. The lowest BCUT2D eigenvalue weighted by molar-refractivity contribution is -0.120. The predicted octanol–water partition coefficient (Wildman–Crippen LogP) is -1.29. The van der Waals surface area contributed by atoms with Gasteiger partial charge in [-0.3, -0.25) is 19.2 Å². The second-order valence-corrected chi connectivity index (χ2v) is 7.06. The van der Waals surface area contributed by atoms with Gasteiger partial charge in [0.1, 0.15) is 0 Å². The second kappa shape index (κ2) is 12.9. The molecule has 1 saturated heterocycles. The number of hydrogen-bond acceptors (Lipinski definition) is 6. The Bertz CT molecular complexity index is 408. The summed E-state index contributed by atoms with van der Waals surface area (Å²) in [4.78, 5) is 46.3. The monoisotopic (exact) mass is 376 g/mol.